The minimum atomic E-state index is -0.996. The summed E-state index contributed by atoms with van der Waals surface area (Å²) in [6.07, 6.45) is -0.792. The molecule has 0 radical (unpaired) electrons. The summed E-state index contributed by atoms with van der Waals surface area (Å²) in [6.45, 7) is 4.15. The Labute approximate surface area is 129 Å². The number of hydrogen-bond donors (Lipinski definition) is 2. The first-order chi connectivity index (χ1) is 9.79. The molecule has 2 N–H and O–H groups in total. The van der Waals surface area contributed by atoms with Gasteiger partial charge in [-0.3, -0.25) is 4.90 Å². The molecule has 0 bridgehead atoms. The molecule has 122 valence electrons. The van der Waals surface area contributed by atoms with Crippen LogP contribution in [0.1, 0.15) is 13.8 Å². The molecule has 2 amide bonds. The van der Waals surface area contributed by atoms with Crippen molar-refractivity contribution in [1.29, 1.82) is 0 Å². The van der Waals surface area contributed by atoms with Crippen LogP contribution in [0.3, 0.4) is 0 Å². The molecule has 3 unspecified atom stereocenters. The number of nitrogens with zero attached hydrogens (tertiary/aromatic N) is 2. The average molecular weight is 320 g/mol. The van der Waals surface area contributed by atoms with E-state index >= 15 is 0 Å². The number of carbonyl (C=O) groups is 2. The number of carboxylic acids is 1. The second-order valence-corrected chi connectivity index (χ2v) is 6.65. The van der Waals surface area contributed by atoms with Crippen molar-refractivity contribution >= 4 is 23.8 Å². The van der Waals surface area contributed by atoms with Crippen molar-refractivity contribution in [2.75, 3.05) is 33.1 Å². The predicted octanol–water partition coefficient (Wildman–Crippen LogP) is 0.530. The molecule has 1 saturated heterocycles. The Morgan fingerprint density at radius 3 is 2.57 bits per heavy atom. The third-order valence-electron chi connectivity index (χ3n) is 3.28. The lowest BCUT2D eigenvalue weighted by atomic mass is 10.1. The van der Waals surface area contributed by atoms with Crippen molar-refractivity contribution in [3.8, 4) is 0 Å². The molecule has 1 aliphatic rings. The fourth-order valence-corrected chi connectivity index (χ4v) is 3.78. The van der Waals surface area contributed by atoms with Crippen LogP contribution < -0.4 is 0 Å². The number of methoxy groups -OCH3 is 1. The van der Waals surface area contributed by atoms with Gasteiger partial charge in [0.2, 0.25) is 0 Å². The normalized spacial score (nSPS) is 23.4. The summed E-state index contributed by atoms with van der Waals surface area (Å²) in [4.78, 5) is 26.6. The van der Waals surface area contributed by atoms with Gasteiger partial charge < -0.3 is 19.8 Å². The van der Waals surface area contributed by atoms with Gasteiger partial charge in [0, 0.05) is 19.9 Å². The molecular formula is C13H24N2O5S. The van der Waals surface area contributed by atoms with Crippen LogP contribution in [0.2, 0.25) is 0 Å². The minimum absolute atomic E-state index is 0.102. The smallest absolute Gasteiger partial charge is 0.327 e. The van der Waals surface area contributed by atoms with E-state index in [9.17, 15) is 19.8 Å². The standard InChI is InChI=1S/C13H24N2O5S/c1-8(2)11-15(10(7-21-11)12(17)18)13(19)14(3)5-9(16)6-20-4/h8-11,16H,5-7H2,1-4H3,(H,17,18). The number of urea groups is 1. The SMILES string of the molecule is COCC(O)CN(C)C(=O)N1C(C(=O)O)CSC1C(C)C. The summed E-state index contributed by atoms with van der Waals surface area (Å²) in [5, 5.41) is 18.8. The zero-order chi connectivity index (χ0) is 16.2. The van der Waals surface area contributed by atoms with Crippen molar-refractivity contribution < 1.29 is 24.5 Å². The Kier molecular flexibility index (Phi) is 6.76. The number of carbonyl (C=O) groups excluding carboxylic acids is 1. The number of carboxylic acid groups (broad SMARTS) is 1. The third-order valence-corrected chi connectivity index (χ3v) is 4.90. The average Bonchev–Trinajstić information content (AvgIpc) is 2.82. The first-order valence-corrected chi connectivity index (χ1v) is 7.89. The van der Waals surface area contributed by atoms with E-state index < -0.39 is 18.1 Å². The Morgan fingerprint density at radius 2 is 2.10 bits per heavy atom. The summed E-state index contributed by atoms with van der Waals surface area (Å²) < 4.78 is 4.83. The Bertz CT molecular complexity index is 380. The molecule has 8 heteroatoms. The Balaban J connectivity index is 2.81. The van der Waals surface area contributed by atoms with E-state index in [4.69, 9.17) is 4.74 Å². The van der Waals surface area contributed by atoms with Crippen LogP contribution in [0, 0.1) is 5.92 Å². The zero-order valence-corrected chi connectivity index (χ0v) is 13.7. The van der Waals surface area contributed by atoms with Crippen LogP contribution in [-0.2, 0) is 9.53 Å². The number of ether oxygens (including phenoxy) is 1. The van der Waals surface area contributed by atoms with Crippen LogP contribution in [0.5, 0.6) is 0 Å². The van der Waals surface area contributed by atoms with Gasteiger partial charge in [0.25, 0.3) is 0 Å². The van der Waals surface area contributed by atoms with Gasteiger partial charge in [-0.1, -0.05) is 13.8 Å². The molecule has 0 aromatic rings. The van der Waals surface area contributed by atoms with Gasteiger partial charge in [-0.25, -0.2) is 9.59 Å². The molecule has 0 aliphatic carbocycles. The number of aliphatic hydroxyl groups excluding tert-OH is 1. The fraction of sp³-hybridized carbons (Fsp3) is 0.846. The molecule has 1 heterocycles. The predicted molar refractivity (Wildman–Crippen MR) is 80.3 cm³/mol. The molecule has 0 aromatic heterocycles. The van der Waals surface area contributed by atoms with Gasteiger partial charge in [0.15, 0.2) is 0 Å². The summed E-state index contributed by atoms with van der Waals surface area (Å²) >= 11 is 1.48. The molecular weight excluding hydrogens is 296 g/mol. The van der Waals surface area contributed by atoms with Crippen molar-refractivity contribution in [3.05, 3.63) is 0 Å². The van der Waals surface area contributed by atoms with E-state index in [-0.39, 0.29) is 30.5 Å². The topological polar surface area (TPSA) is 90.3 Å². The maximum atomic E-state index is 12.5. The quantitative estimate of drug-likeness (QED) is 0.742. The van der Waals surface area contributed by atoms with Crippen LogP contribution in [0.25, 0.3) is 0 Å². The highest BCUT2D eigenvalue weighted by Crippen LogP contribution is 2.34. The van der Waals surface area contributed by atoms with Gasteiger partial charge >= 0.3 is 12.0 Å². The maximum absolute atomic E-state index is 12.5. The van der Waals surface area contributed by atoms with E-state index in [1.165, 1.54) is 28.7 Å². The van der Waals surface area contributed by atoms with Gasteiger partial charge in [-0.05, 0) is 5.92 Å². The summed E-state index contributed by atoms with van der Waals surface area (Å²) in [5.74, 6) is -0.455. The monoisotopic (exact) mass is 320 g/mol. The number of aliphatic carboxylic acids is 1. The molecule has 1 rings (SSSR count). The highest BCUT2D eigenvalue weighted by molar-refractivity contribution is 8.00. The molecule has 7 nitrogen and oxygen atoms in total. The zero-order valence-electron chi connectivity index (χ0n) is 12.9. The molecule has 3 atom stereocenters. The lowest BCUT2D eigenvalue weighted by Gasteiger charge is -2.33. The number of aliphatic hydroxyl groups is 1. The van der Waals surface area contributed by atoms with E-state index in [2.05, 4.69) is 0 Å². The van der Waals surface area contributed by atoms with Crippen molar-refractivity contribution in [2.24, 2.45) is 5.92 Å². The third kappa shape index (κ3) is 4.49. The number of hydrogen-bond acceptors (Lipinski definition) is 5. The van der Waals surface area contributed by atoms with Gasteiger partial charge in [-0.2, -0.15) is 0 Å². The highest BCUT2D eigenvalue weighted by Gasteiger charge is 2.44. The first-order valence-electron chi connectivity index (χ1n) is 6.84. The summed E-state index contributed by atoms with van der Waals surface area (Å²) in [6, 6.07) is -1.20. The molecule has 21 heavy (non-hydrogen) atoms. The van der Waals surface area contributed by atoms with Crippen LogP contribution in [0.15, 0.2) is 0 Å². The van der Waals surface area contributed by atoms with Crippen LogP contribution in [0.4, 0.5) is 4.79 Å². The number of likely N-dealkylation sites (N-methyl/N-ethyl adjacent to an activating group) is 1. The Morgan fingerprint density at radius 1 is 1.48 bits per heavy atom. The second kappa shape index (κ2) is 7.86. The lowest BCUT2D eigenvalue weighted by Crippen LogP contribution is -2.53. The van der Waals surface area contributed by atoms with E-state index in [1.54, 1.807) is 7.05 Å². The Hall–Kier alpha value is -0.990. The minimum Gasteiger partial charge on any atom is -0.480 e. The molecule has 0 spiro atoms. The maximum Gasteiger partial charge on any atom is 0.327 e. The summed E-state index contributed by atoms with van der Waals surface area (Å²) in [5.41, 5.74) is 0. The molecule has 1 fully saturated rings. The van der Waals surface area contributed by atoms with E-state index in [1.807, 2.05) is 13.8 Å². The number of rotatable bonds is 6. The fourth-order valence-electron chi connectivity index (χ4n) is 2.31. The van der Waals surface area contributed by atoms with Crippen molar-refractivity contribution in [3.63, 3.8) is 0 Å². The van der Waals surface area contributed by atoms with Gasteiger partial charge in [0.1, 0.15) is 6.04 Å². The van der Waals surface area contributed by atoms with Crippen molar-refractivity contribution in [1.82, 2.24) is 9.80 Å². The van der Waals surface area contributed by atoms with Crippen molar-refractivity contribution in [2.45, 2.75) is 31.4 Å². The van der Waals surface area contributed by atoms with Crippen LogP contribution in [-0.4, -0.2) is 82.6 Å². The molecule has 1 aliphatic heterocycles. The summed E-state index contributed by atoms with van der Waals surface area (Å²) in [7, 11) is 3.03. The molecule has 0 aromatic carbocycles. The molecule has 0 saturated carbocycles. The first kappa shape index (κ1) is 18.1. The highest BCUT2D eigenvalue weighted by atomic mass is 32.2. The van der Waals surface area contributed by atoms with E-state index in [0.717, 1.165) is 0 Å². The van der Waals surface area contributed by atoms with E-state index in [0.29, 0.717) is 5.75 Å². The van der Waals surface area contributed by atoms with Crippen LogP contribution >= 0.6 is 11.8 Å². The largest absolute Gasteiger partial charge is 0.480 e. The van der Waals surface area contributed by atoms with Gasteiger partial charge in [0.05, 0.1) is 24.6 Å². The van der Waals surface area contributed by atoms with Gasteiger partial charge in [-0.15, -0.1) is 11.8 Å². The number of amides is 2. The second-order valence-electron chi connectivity index (χ2n) is 5.50. The number of thioether (sulfide) groups is 1. The lowest BCUT2D eigenvalue weighted by molar-refractivity contribution is -0.141.